The lowest BCUT2D eigenvalue weighted by atomic mass is 10.1. The molecule has 3 nitrogen and oxygen atoms in total. The van der Waals surface area contributed by atoms with E-state index in [4.69, 9.17) is 12.0 Å². The summed E-state index contributed by atoms with van der Waals surface area (Å²) in [5.41, 5.74) is -0.510. The first-order valence-corrected chi connectivity index (χ1v) is 3.31. The molecule has 0 aliphatic rings. The molecule has 0 radical (unpaired) electrons. The average Bonchev–Trinajstić information content (AvgIpc) is 2.28. The van der Waals surface area contributed by atoms with E-state index in [-0.39, 0.29) is 5.56 Å². The van der Waals surface area contributed by atoms with Crippen molar-refractivity contribution in [1.29, 1.82) is 0 Å². The van der Waals surface area contributed by atoms with Gasteiger partial charge in [0.25, 0.3) is 0 Å². The molecule has 0 spiro atoms. The van der Waals surface area contributed by atoms with Crippen molar-refractivity contribution in [3.63, 3.8) is 0 Å². The van der Waals surface area contributed by atoms with Gasteiger partial charge in [0, 0.05) is 2.74 Å². The maximum absolute atomic E-state index is 11.0. The molecule has 0 heterocycles. The minimum atomic E-state index is -3.03. The van der Waals surface area contributed by atoms with Gasteiger partial charge in [-0.05, 0) is 11.9 Å². The highest BCUT2D eigenvalue weighted by Crippen LogP contribution is 2.01. The van der Waals surface area contributed by atoms with E-state index in [0.717, 1.165) is 0 Å². The van der Waals surface area contributed by atoms with Crippen molar-refractivity contribution < 1.29 is 16.8 Å². The van der Waals surface area contributed by atoms with E-state index in [1.54, 1.807) is 6.07 Å². The van der Waals surface area contributed by atoms with Crippen LogP contribution < -0.4 is 5.72 Å². The van der Waals surface area contributed by atoms with E-state index < -0.39 is 24.1 Å². The van der Waals surface area contributed by atoms with E-state index in [9.17, 15) is 4.79 Å². The number of benzene rings is 1. The van der Waals surface area contributed by atoms with E-state index in [2.05, 4.69) is 0 Å². The number of carboxylic acid groups (broad SMARTS) is 1. The van der Waals surface area contributed by atoms with Gasteiger partial charge in [-0.2, -0.15) is 0 Å². The molecule has 0 aliphatic heterocycles. The summed E-state index contributed by atoms with van der Waals surface area (Å²) in [5, 5.41) is 8.89. The fourth-order valence-electron chi connectivity index (χ4n) is 0.712. The summed E-state index contributed by atoms with van der Waals surface area (Å²) >= 11 is 0. The van der Waals surface area contributed by atoms with Crippen LogP contribution in [0.25, 0.3) is 0 Å². The summed E-state index contributed by atoms with van der Waals surface area (Å²) in [6.45, 7) is 0. The minimum absolute atomic E-state index is 0.0677. The maximum atomic E-state index is 11.0. The Morgan fingerprint density at radius 2 is 2.42 bits per heavy atom. The number of rotatable bonds is 4. The summed E-state index contributed by atoms with van der Waals surface area (Å²) in [7, 11) is 0. The van der Waals surface area contributed by atoms with Crippen LogP contribution in [-0.4, -0.2) is 17.1 Å². The highest BCUT2D eigenvalue weighted by atomic mass is 16.4. The first-order chi connectivity index (χ1) is 7.74. The molecule has 0 bridgehead atoms. The second-order valence-corrected chi connectivity index (χ2v) is 2.14. The molecule has 0 aliphatic carbocycles. The molecule has 0 saturated carbocycles. The summed E-state index contributed by atoms with van der Waals surface area (Å²) in [6.07, 6.45) is -2.69. The van der Waals surface area contributed by atoms with Gasteiger partial charge in [-0.1, -0.05) is 30.3 Å². The summed E-state index contributed by atoms with van der Waals surface area (Å²) in [5.74, 6) is -1.89. The second-order valence-electron chi connectivity index (χ2n) is 2.14. The zero-order valence-electron chi connectivity index (χ0n) is 11.2. The second kappa shape index (κ2) is 3.88. The molecule has 64 valence electrons. The molecule has 0 aromatic heterocycles. The van der Waals surface area contributed by atoms with Gasteiger partial charge in [0.15, 0.2) is 0 Å². The van der Waals surface area contributed by atoms with Crippen LogP contribution in [0.4, 0.5) is 0 Å². The molecular formula is C9H11NO2. The van der Waals surface area contributed by atoms with Crippen LogP contribution in [0.3, 0.4) is 0 Å². The fourth-order valence-corrected chi connectivity index (χ4v) is 0.712. The monoisotopic (exact) mass is 170 g/mol. The number of carbonyl (C=O) groups is 1. The Hall–Kier alpha value is -1.35. The molecule has 0 fully saturated rings. The van der Waals surface area contributed by atoms with Crippen LogP contribution in [0.1, 0.15) is 9.68 Å². The van der Waals surface area contributed by atoms with Gasteiger partial charge < -0.3 is 10.8 Å². The lowest BCUT2D eigenvalue weighted by molar-refractivity contribution is -0.138. The van der Waals surface area contributed by atoms with Crippen LogP contribution >= 0.6 is 0 Å². The van der Waals surface area contributed by atoms with Crippen molar-refractivity contribution in [3.05, 3.63) is 35.9 Å². The predicted molar refractivity (Wildman–Crippen MR) is 45.8 cm³/mol. The van der Waals surface area contributed by atoms with Crippen molar-refractivity contribution >= 4 is 5.97 Å². The van der Waals surface area contributed by atoms with Crippen molar-refractivity contribution in [2.24, 2.45) is 5.72 Å². The minimum Gasteiger partial charge on any atom is -0.480 e. The first kappa shape index (κ1) is 4.05. The number of carboxylic acids is 1. The SMILES string of the molecule is [2H]N([2H])[C@]([2H])(C(=O)O)C([2H])([2H])c1ccccc1. The standard InChI is InChI=1S/C9H11NO2/c10-8(9(11)12)6-7-4-2-1-3-5-7/h1-5,8H,6,10H2,(H,11,12)/t8-/m0/s1/i6D2,8D/hD2. The van der Waals surface area contributed by atoms with Crippen LogP contribution in [-0.2, 0) is 11.2 Å². The predicted octanol–water partition coefficient (Wildman–Crippen LogP) is 0.641. The molecular weight excluding hydrogens is 154 g/mol. The van der Waals surface area contributed by atoms with Gasteiger partial charge in [-0.25, -0.2) is 0 Å². The van der Waals surface area contributed by atoms with Gasteiger partial charge in [0.1, 0.15) is 8.84 Å². The third-order valence-corrected chi connectivity index (χ3v) is 1.24. The Balaban J connectivity index is 3.33. The van der Waals surface area contributed by atoms with Crippen molar-refractivity contribution in [2.45, 2.75) is 12.4 Å². The Morgan fingerprint density at radius 1 is 1.75 bits per heavy atom. The van der Waals surface area contributed by atoms with Gasteiger partial charge in [0.2, 0.25) is 0 Å². The molecule has 3 N–H and O–H groups in total. The third kappa shape index (κ3) is 2.36. The lowest BCUT2D eigenvalue weighted by Crippen LogP contribution is -2.32. The number of aliphatic carboxylic acids is 1. The molecule has 1 rings (SSSR count). The molecule has 1 aromatic rings. The van der Waals surface area contributed by atoms with Gasteiger partial charge in [0.05, 0.1) is 1.37 Å². The van der Waals surface area contributed by atoms with Crippen LogP contribution in [0, 0.1) is 0 Å². The molecule has 12 heavy (non-hydrogen) atoms. The normalized spacial score (nSPS) is 22.6. The number of hydrogen-bond donors (Lipinski definition) is 2. The zero-order chi connectivity index (χ0) is 13.3. The topological polar surface area (TPSA) is 63.3 Å². The van der Waals surface area contributed by atoms with Gasteiger partial charge >= 0.3 is 5.97 Å². The quantitative estimate of drug-likeness (QED) is 0.697. The largest absolute Gasteiger partial charge is 0.480 e. The van der Waals surface area contributed by atoms with E-state index in [1.165, 1.54) is 24.3 Å². The van der Waals surface area contributed by atoms with Crippen LogP contribution in [0.5, 0.6) is 0 Å². The molecule has 0 amide bonds. The third-order valence-electron chi connectivity index (χ3n) is 1.24. The fraction of sp³-hybridized carbons (Fsp3) is 0.222. The molecule has 3 heteroatoms. The van der Waals surface area contributed by atoms with Crippen molar-refractivity contribution in [1.82, 2.24) is 0 Å². The molecule has 1 atom stereocenters. The lowest BCUT2D eigenvalue weighted by Gasteiger charge is -2.04. The number of hydrogen-bond acceptors (Lipinski definition) is 2. The molecule has 1 aromatic carbocycles. The van der Waals surface area contributed by atoms with Crippen molar-refractivity contribution in [2.75, 3.05) is 0 Å². The first-order valence-electron chi connectivity index (χ1n) is 5.71. The van der Waals surface area contributed by atoms with Crippen LogP contribution in [0.15, 0.2) is 30.3 Å². The van der Waals surface area contributed by atoms with Crippen molar-refractivity contribution in [3.8, 4) is 0 Å². The van der Waals surface area contributed by atoms with E-state index in [0.29, 0.717) is 0 Å². The highest BCUT2D eigenvalue weighted by molar-refractivity contribution is 5.73. The molecule has 0 unspecified atom stereocenters. The Bertz CT molecular complexity index is 411. The highest BCUT2D eigenvalue weighted by Gasteiger charge is 2.10. The van der Waals surface area contributed by atoms with E-state index >= 15 is 0 Å². The van der Waals surface area contributed by atoms with Crippen LogP contribution in [0.2, 0.25) is 2.82 Å². The summed E-state index contributed by atoms with van der Waals surface area (Å²) < 4.78 is 36.9. The molecule has 0 saturated heterocycles. The maximum Gasteiger partial charge on any atom is 0.320 e. The van der Waals surface area contributed by atoms with E-state index in [1.807, 2.05) is 0 Å². The Labute approximate surface area is 78.0 Å². The Morgan fingerprint density at radius 3 is 2.92 bits per heavy atom. The van der Waals surface area contributed by atoms with Gasteiger partial charge in [-0.3, -0.25) is 4.79 Å². The van der Waals surface area contributed by atoms with Gasteiger partial charge in [-0.15, -0.1) is 0 Å². The number of nitrogens with two attached hydrogens (primary N) is 1. The Kier molecular flexibility index (Phi) is 1.31. The smallest absolute Gasteiger partial charge is 0.320 e. The summed E-state index contributed by atoms with van der Waals surface area (Å²) in [6, 6.07) is 4.20. The zero-order valence-corrected chi connectivity index (χ0v) is 6.19. The summed E-state index contributed by atoms with van der Waals surface area (Å²) in [4.78, 5) is 11.0. The average molecular weight is 170 g/mol.